The maximum atomic E-state index is 11.9. The van der Waals surface area contributed by atoms with Gasteiger partial charge in [-0.1, -0.05) is 29.3 Å². The zero-order valence-corrected chi connectivity index (χ0v) is 14.9. The molecule has 0 bridgehead atoms. The molecule has 2 N–H and O–H groups in total. The lowest BCUT2D eigenvalue weighted by atomic mass is 10.3. The monoisotopic (exact) mass is 370 g/mol. The van der Waals surface area contributed by atoms with E-state index in [0.29, 0.717) is 35.5 Å². The van der Waals surface area contributed by atoms with E-state index < -0.39 is 6.10 Å². The number of carbonyl (C=O) groups is 1. The van der Waals surface area contributed by atoms with Crippen LogP contribution in [0.15, 0.2) is 18.2 Å². The molecule has 0 saturated heterocycles. The van der Waals surface area contributed by atoms with Crippen LogP contribution in [0.1, 0.15) is 6.92 Å². The van der Waals surface area contributed by atoms with Gasteiger partial charge in [-0.3, -0.25) is 4.79 Å². The van der Waals surface area contributed by atoms with Gasteiger partial charge in [0, 0.05) is 26.7 Å². The number of carbonyl (C=O) groups excluding carboxylic acids is 1. The Balaban J connectivity index is 0.00000441. The minimum Gasteiger partial charge on any atom is -0.479 e. The number of halogens is 3. The summed E-state index contributed by atoms with van der Waals surface area (Å²) in [5.74, 6) is 0.185. The van der Waals surface area contributed by atoms with Crippen molar-refractivity contribution in [3.05, 3.63) is 28.2 Å². The van der Waals surface area contributed by atoms with Gasteiger partial charge in [-0.15, -0.1) is 12.4 Å². The molecule has 126 valence electrons. The molecule has 0 aliphatic heterocycles. The van der Waals surface area contributed by atoms with Gasteiger partial charge >= 0.3 is 0 Å². The molecule has 1 atom stereocenters. The van der Waals surface area contributed by atoms with E-state index in [1.807, 2.05) is 0 Å². The molecule has 0 fully saturated rings. The molecular formula is C14H21Cl3N2O3. The summed E-state index contributed by atoms with van der Waals surface area (Å²) in [6.45, 7) is 4.22. The Bertz CT molecular complexity index is 461. The Morgan fingerprint density at radius 2 is 2.00 bits per heavy atom. The lowest BCUT2D eigenvalue weighted by molar-refractivity contribution is -0.127. The Morgan fingerprint density at radius 1 is 1.27 bits per heavy atom. The first-order valence-corrected chi connectivity index (χ1v) is 7.40. The van der Waals surface area contributed by atoms with Gasteiger partial charge in [-0.25, -0.2) is 0 Å². The van der Waals surface area contributed by atoms with Crippen LogP contribution in [-0.4, -0.2) is 45.4 Å². The maximum absolute atomic E-state index is 11.9. The molecule has 1 aromatic rings. The molecule has 1 rings (SSSR count). The van der Waals surface area contributed by atoms with Crippen molar-refractivity contribution in [1.29, 1.82) is 0 Å². The highest BCUT2D eigenvalue weighted by Crippen LogP contribution is 2.31. The molecule has 22 heavy (non-hydrogen) atoms. The van der Waals surface area contributed by atoms with Crippen molar-refractivity contribution in [2.75, 3.05) is 33.4 Å². The van der Waals surface area contributed by atoms with Crippen LogP contribution >= 0.6 is 35.6 Å². The average molecular weight is 372 g/mol. The number of nitrogens with one attached hydrogen (secondary N) is 2. The average Bonchev–Trinajstić information content (AvgIpc) is 2.47. The predicted molar refractivity (Wildman–Crippen MR) is 91.6 cm³/mol. The van der Waals surface area contributed by atoms with Crippen molar-refractivity contribution in [2.45, 2.75) is 13.0 Å². The summed E-state index contributed by atoms with van der Waals surface area (Å²) < 4.78 is 10.4. The highest BCUT2D eigenvalue weighted by Gasteiger charge is 2.16. The van der Waals surface area contributed by atoms with Gasteiger partial charge < -0.3 is 20.1 Å². The summed E-state index contributed by atoms with van der Waals surface area (Å²) >= 11 is 11.9. The Hall–Kier alpha value is -0.720. The maximum Gasteiger partial charge on any atom is 0.260 e. The van der Waals surface area contributed by atoms with Gasteiger partial charge in [0.05, 0.1) is 11.6 Å². The third kappa shape index (κ3) is 7.51. The second-order valence-electron chi connectivity index (χ2n) is 4.35. The van der Waals surface area contributed by atoms with E-state index >= 15 is 0 Å². The van der Waals surface area contributed by atoms with Crippen molar-refractivity contribution in [1.82, 2.24) is 10.6 Å². The van der Waals surface area contributed by atoms with Crippen LogP contribution in [0, 0.1) is 0 Å². The molecule has 0 saturated carbocycles. The predicted octanol–water partition coefficient (Wildman–Crippen LogP) is 2.53. The van der Waals surface area contributed by atoms with E-state index in [1.165, 1.54) is 0 Å². The Kier molecular flexibility index (Phi) is 11.4. The van der Waals surface area contributed by atoms with Gasteiger partial charge in [-0.05, 0) is 19.1 Å². The molecule has 0 spiro atoms. The highest BCUT2D eigenvalue weighted by molar-refractivity contribution is 6.42. The Morgan fingerprint density at radius 3 is 2.68 bits per heavy atom. The number of methoxy groups -OCH3 is 1. The quantitative estimate of drug-likeness (QED) is 0.655. The fourth-order valence-corrected chi connectivity index (χ4v) is 1.87. The molecule has 0 radical (unpaired) electrons. The van der Waals surface area contributed by atoms with Crippen LogP contribution in [0.4, 0.5) is 0 Å². The second-order valence-corrected chi connectivity index (χ2v) is 5.13. The SMILES string of the molecule is COCCNCCNC(=O)C(C)Oc1cccc(Cl)c1Cl.Cl. The van der Waals surface area contributed by atoms with Crippen molar-refractivity contribution < 1.29 is 14.3 Å². The Labute approximate surface area is 147 Å². The zero-order chi connectivity index (χ0) is 15.7. The van der Waals surface area contributed by atoms with Crippen LogP contribution < -0.4 is 15.4 Å². The molecule has 1 unspecified atom stereocenters. The van der Waals surface area contributed by atoms with Gasteiger partial charge in [0.25, 0.3) is 5.91 Å². The molecule has 0 aliphatic carbocycles. The van der Waals surface area contributed by atoms with Gasteiger partial charge in [-0.2, -0.15) is 0 Å². The summed E-state index contributed by atoms with van der Waals surface area (Å²) in [5, 5.41) is 6.60. The van der Waals surface area contributed by atoms with E-state index in [1.54, 1.807) is 32.2 Å². The minimum atomic E-state index is -0.653. The first kappa shape index (κ1) is 21.3. The molecule has 1 aromatic carbocycles. The number of hydrogen-bond donors (Lipinski definition) is 2. The lowest BCUT2D eigenvalue weighted by Crippen LogP contribution is -2.40. The van der Waals surface area contributed by atoms with Crippen molar-refractivity contribution in [3.63, 3.8) is 0 Å². The van der Waals surface area contributed by atoms with E-state index in [-0.39, 0.29) is 18.3 Å². The third-order valence-electron chi connectivity index (χ3n) is 2.67. The van der Waals surface area contributed by atoms with E-state index in [4.69, 9.17) is 32.7 Å². The molecular weight excluding hydrogens is 351 g/mol. The molecule has 0 aromatic heterocycles. The second kappa shape index (κ2) is 11.8. The molecule has 5 nitrogen and oxygen atoms in total. The number of hydrogen-bond acceptors (Lipinski definition) is 4. The van der Waals surface area contributed by atoms with E-state index in [9.17, 15) is 4.79 Å². The minimum absolute atomic E-state index is 0. The lowest BCUT2D eigenvalue weighted by Gasteiger charge is -2.16. The topological polar surface area (TPSA) is 59.6 Å². The third-order valence-corrected chi connectivity index (χ3v) is 3.47. The summed E-state index contributed by atoms with van der Waals surface area (Å²) in [6, 6.07) is 5.05. The summed E-state index contributed by atoms with van der Waals surface area (Å²) in [4.78, 5) is 11.9. The van der Waals surface area contributed by atoms with Gasteiger partial charge in [0.2, 0.25) is 0 Å². The van der Waals surface area contributed by atoms with Gasteiger partial charge in [0.1, 0.15) is 10.8 Å². The molecule has 1 amide bonds. The fourth-order valence-electron chi connectivity index (χ4n) is 1.54. The summed E-state index contributed by atoms with van der Waals surface area (Å²) in [7, 11) is 1.64. The first-order chi connectivity index (χ1) is 10.1. The normalized spacial score (nSPS) is 11.5. The fraction of sp³-hybridized carbons (Fsp3) is 0.500. The van der Waals surface area contributed by atoms with Crippen molar-refractivity contribution >= 4 is 41.5 Å². The van der Waals surface area contributed by atoms with E-state index in [2.05, 4.69) is 10.6 Å². The first-order valence-electron chi connectivity index (χ1n) is 6.64. The standard InChI is InChI=1S/C14H20Cl2N2O3.ClH/c1-10(14(19)18-7-6-17-8-9-20-2)21-12-5-3-4-11(15)13(12)16;/h3-5,10,17H,6-9H2,1-2H3,(H,18,19);1H. The number of ether oxygens (including phenoxy) is 2. The number of rotatable bonds is 9. The molecule has 0 heterocycles. The number of amides is 1. The van der Waals surface area contributed by atoms with Crippen LogP contribution in [-0.2, 0) is 9.53 Å². The van der Waals surface area contributed by atoms with E-state index in [0.717, 1.165) is 6.54 Å². The van der Waals surface area contributed by atoms with Crippen molar-refractivity contribution in [3.8, 4) is 5.75 Å². The van der Waals surface area contributed by atoms with Crippen LogP contribution in [0.3, 0.4) is 0 Å². The number of benzene rings is 1. The summed E-state index contributed by atoms with van der Waals surface area (Å²) in [5.41, 5.74) is 0. The smallest absolute Gasteiger partial charge is 0.260 e. The zero-order valence-electron chi connectivity index (χ0n) is 12.5. The van der Waals surface area contributed by atoms with Crippen LogP contribution in [0.5, 0.6) is 5.75 Å². The van der Waals surface area contributed by atoms with Crippen LogP contribution in [0.25, 0.3) is 0 Å². The summed E-state index contributed by atoms with van der Waals surface area (Å²) in [6.07, 6.45) is -0.653. The van der Waals surface area contributed by atoms with Crippen molar-refractivity contribution in [2.24, 2.45) is 0 Å². The van der Waals surface area contributed by atoms with Crippen LogP contribution in [0.2, 0.25) is 10.0 Å². The molecule has 8 heteroatoms. The van der Waals surface area contributed by atoms with Gasteiger partial charge in [0.15, 0.2) is 6.10 Å². The largest absolute Gasteiger partial charge is 0.479 e. The molecule has 0 aliphatic rings. The highest BCUT2D eigenvalue weighted by atomic mass is 35.5.